The number of likely N-dealkylation sites (tertiary alicyclic amines) is 1. The SMILES string of the molecule is CC(C)(C)OC(=O)N1CCC(c2cccc(C(=O)CC(C)(O)c3ccc(Cl)cn3)c2O)CC1. The summed E-state index contributed by atoms with van der Waals surface area (Å²) < 4.78 is 5.44. The smallest absolute Gasteiger partial charge is 0.410 e. The number of amides is 1. The molecule has 2 aromatic rings. The number of phenols is 1. The minimum atomic E-state index is -1.51. The number of hydrogen-bond acceptors (Lipinski definition) is 6. The van der Waals surface area contributed by atoms with Crippen molar-refractivity contribution in [2.24, 2.45) is 0 Å². The van der Waals surface area contributed by atoms with Crippen LogP contribution in [0.25, 0.3) is 0 Å². The zero-order valence-electron chi connectivity index (χ0n) is 19.5. The summed E-state index contributed by atoms with van der Waals surface area (Å²) >= 11 is 5.86. The second-order valence-corrected chi connectivity index (χ2v) is 10.2. The molecular weight excluding hydrogens is 444 g/mol. The Balaban J connectivity index is 1.70. The first-order chi connectivity index (χ1) is 15.4. The Morgan fingerprint density at radius 2 is 1.82 bits per heavy atom. The van der Waals surface area contributed by atoms with Gasteiger partial charge in [0.15, 0.2) is 5.78 Å². The number of para-hydroxylation sites is 1. The van der Waals surface area contributed by atoms with Crippen LogP contribution in [0.5, 0.6) is 5.75 Å². The fraction of sp³-hybridized carbons (Fsp3) is 0.480. The number of nitrogens with zero attached hydrogens (tertiary/aromatic N) is 2. The van der Waals surface area contributed by atoms with Gasteiger partial charge in [-0.05, 0) is 70.2 Å². The number of phenolic OH excluding ortho intramolecular Hbond substituents is 1. The Labute approximate surface area is 199 Å². The number of carbonyl (C=O) groups is 2. The van der Waals surface area contributed by atoms with Gasteiger partial charge in [-0.2, -0.15) is 0 Å². The fourth-order valence-electron chi connectivity index (χ4n) is 4.01. The van der Waals surface area contributed by atoms with Crippen molar-refractivity contribution in [1.82, 2.24) is 9.88 Å². The largest absolute Gasteiger partial charge is 0.507 e. The number of aromatic hydroxyl groups is 1. The van der Waals surface area contributed by atoms with E-state index in [0.717, 1.165) is 0 Å². The first-order valence-corrected chi connectivity index (χ1v) is 11.4. The summed E-state index contributed by atoms with van der Waals surface area (Å²) in [6, 6.07) is 8.27. The fourth-order valence-corrected chi connectivity index (χ4v) is 4.12. The highest BCUT2D eigenvalue weighted by Gasteiger charge is 2.32. The predicted octanol–water partition coefficient (Wildman–Crippen LogP) is 5.04. The molecule has 2 heterocycles. The Morgan fingerprint density at radius 1 is 1.15 bits per heavy atom. The van der Waals surface area contributed by atoms with Crippen LogP contribution in [-0.4, -0.2) is 50.7 Å². The third kappa shape index (κ3) is 6.24. The van der Waals surface area contributed by atoms with Gasteiger partial charge < -0.3 is 19.8 Å². The summed E-state index contributed by atoms with van der Waals surface area (Å²) in [5.41, 5.74) is -0.900. The van der Waals surface area contributed by atoms with Crippen molar-refractivity contribution in [2.45, 2.75) is 64.1 Å². The van der Waals surface area contributed by atoms with Crippen molar-refractivity contribution < 1.29 is 24.5 Å². The molecule has 1 amide bonds. The Morgan fingerprint density at radius 3 is 2.39 bits per heavy atom. The van der Waals surface area contributed by atoms with Crippen molar-refractivity contribution >= 4 is 23.5 Å². The molecule has 8 heteroatoms. The van der Waals surface area contributed by atoms with Crippen LogP contribution >= 0.6 is 11.6 Å². The maximum atomic E-state index is 13.0. The molecule has 7 nitrogen and oxygen atoms in total. The molecule has 1 unspecified atom stereocenters. The number of hydrogen-bond donors (Lipinski definition) is 2. The average molecular weight is 475 g/mol. The van der Waals surface area contributed by atoms with Gasteiger partial charge in [0.2, 0.25) is 0 Å². The first kappa shape index (κ1) is 25.0. The van der Waals surface area contributed by atoms with Crippen LogP contribution in [0.4, 0.5) is 4.79 Å². The highest BCUT2D eigenvalue weighted by Crippen LogP contribution is 2.37. The van der Waals surface area contributed by atoms with Crippen LogP contribution in [0.3, 0.4) is 0 Å². The van der Waals surface area contributed by atoms with Gasteiger partial charge >= 0.3 is 6.09 Å². The van der Waals surface area contributed by atoms with E-state index < -0.39 is 11.2 Å². The molecule has 0 aliphatic carbocycles. The maximum Gasteiger partial charge on any atom is 0.410 e. The van der Waals surface area contributed by atoms with Gasteiger partial charge in [-0.1, -0.05) is 23.7 Å². The second-order valence-electron chi connectivity index (χ2n) is 9.72. The van der Waals surface area contributed by atoms with Gasteiger partial charge in [0, 0.05) is 25.7 Å². The zero-order chi connectivity index (χ0) is 24.4. The van der Waals surface area contributed by atoms with Crippen molar-refractivity contribution in [2.75, 3.05) is 13.1 Å². The zero-order valence-corrected chi connectivity index (χ0v) is 20.2. The van der Waals surface area contributed by atoms with Gasteiger partial charge in [-0.25, -0.2) is 4.79 Å². The van der Waals surface area contributed by atoms with Gasteiger partial charge in [0.05, 0.1) is 16.3 Å². The van der Waals surface area contributed by atoms with E-state index in [1.165, 1.54) is 13.1 Å². The number of rotatable bonds is 5. The molecule has 0 saturated carbocycles. The van der Waals surface area contributed by atoms with Crippen molar-refractivity contribution in [1.29, 1.82) is 0 Å². The molecule has 178 valence electrons. The van der Waals surface area contributed by atoms with Gasteiger partial charge in [0.25, 0.3) is 0 Å². The number of piperidine rings is 1. The van der Waals surface area contributed by atoms with E-state index in [4.69, 9.17) is 16.3 Å². The van der Waals surface area contributed by atoms with Crippen molar-refractivity contribution in [3.05, 3.63) is 58.4 Å². The summed E-state index contributed by atoms with van der Waals surface area (Å²) in [5, 5.41) is 22.2. The first-order valence-electron chi connectivity index (χ1n) is 11.0. The van der Waals surface area contributed by atoms with E-state index in [9.17, 15) is 19.8 Å². The number of ether oxygens (including phenoxy) is 1. The molecule has 3 rings (SSSR count). The summed E-state index contributed by atoms with van der Waals surface area (Å²) in [6.45, 7) is 8.02. The molecule has 1 saturated heterocycles. The number of Topliss-reactive ketones (excluding diaryl/α,β-unsaturated/α-hetero) is 1. The lowest BCUT2D eigenvalue weighted by molar-refractivity contribution is 0.0204. The molecule has 33 heavy (non-hydrogen) atoms. The van der Waals surface area contributed by atoms with Crippen LogP contribution in [0, 0.1) is 0 Å². The highest BCUT2D eigenvalue weighted by atomic mass is 35.5. The van der Waals surface area contributed by atoms with E-state index in [-0.39, 0.29) is 35.5 Å². The summed E-state index contributed by atoms with van der Waals surface area (Å²) in [7, 11) is 0. The standard InChI is InChI=1S/C25H31ClN2O5/c1-24(2,3)33-23(31)28-12-10-16(11-13-28)18-6-5-7-19(22(18)30)20(29)14-25(4,32)21-9-8-17(26)15-27-21/h5-9,15-16,30,32H,10-14H2,1-4H3. The molecule has 1 aliphatic rings. The lowest BCUT2D eigenvalue weighted by Gasteiger charge is -2.34. The number of halogens is 1. The number of aromatic nitrogens is 1. The number of benzene rings is 1. The Hall–Kier alpha value is -2.64. The van der Waals surface area contributed by atoms with Gasteiger partial charge in [-0.3, -0.25) is 9.78 Å². The third-order valence-corrected chi connectivity index (χ3v) is 5.96. The monoisotopic (exact) mass is 474 g/mol. The molecular formula is C25H31ClN2O5. The molecule has 1 fully saturated rings. The van der Waals surface area contributed by atoms with Gasteiger partial charge in [0.1, 0.15) is 17.0 Å². The van der Waals surface area contributed by atoms with E-state index in [1.807, 2.05) is 20.8 Å². The van der Waals surface area contributed by atoms with Crippen molar-refractivity contribution in [3.8, 4) is 5.75 Å². The number of pyridine rings is 1. The Kier molecular flexibility index (Phi) is 7.34. The summed E-state index contributed by atoms with van der Waals surface area (Å²) in [6.07, 6.45) is 2.13. The highest BCUT2D eigenvalue weighted by molar-refractivity contribution is 6.30. The number of carbonyl (C=O) groups excluding carboxylic acids is 2. The summed E-state index contributed by atoms with van der Waals surface area (Å²) in [5.74, 6) is -0.449. The molecule has 1 atom stereocenters. The minimum absolute atomic E-state index is 0.00915. The van der Waals surface area contributed by atoms with Crippen LogP contribution in [-0.2, 0) is 10.3 Å². The normalized spacial score (nSPS) is 16.8. The topological polar surface area (TPSA) is 100.0 Å². The van der Waals surface area contributed by atoms with E-state index >= 15 is 0 Å². The van der Waals surface area contributed by atoms with Crippen LogP contribution < -0.4 is 0 Å². The number of ketones is 1. The number of aliphatic hydroxyl groups is 1. The van der Waals surface area contributed by atoms with Crippen LogP contribution in [0.1, 0.15) is 74.5 Å². The van der Waals surface area contributed by atoms with E-state index in [1.54, 1.807) is 35.2 Å². The molecule has 1 aromatic heterocycles. The van der Waals surface area contributed by atoms with E-state index in [2.05, 4.69) is 4.98 Å². The third-order valence-electron chi connectivity index (χ3n) is 5.74. The molecule has 1 aromatic carbocycles. The Bertz CT molecular complexity index is 1010. The summed E-state index contributed by atoms with van der Waals surface area (Å²) in [4.78, 5) is 31.1. The van der Waals surface area contributed by atoms with Crippen LogP contribution in [0.15, 0.2) is 36.5 Å². The maximum absolute atomic E-state index is 13.0. The second kappa shape index (κ2) is 9.69. The quantitative estimate of drug-likeness (QED) is 0.589. The van der Waals surface area contributed by atoms with E-state index in [0.29, 0.717) is 42.2 Å². The van der Waals surface area contributed by atoms with Crippen molar-refractivity contribution in [3.63, 3.8) is 0 Å². The molecule has 0 bridgehead atoms. The lowest BCUT2D eigenvalue weighted by Crippen LogP contribution is -2.41. The molecule has 2 N–H and O–H groups in total. The lowest BCUT2D eigenvalue weighted by atomic mass is 9.86. The molecule has 1 aliphatic heterocycles. The average Bonchev–Trinajstić information content (AvgIpc) is 2.73. The van der Waals surface area contributed by atoms with Crippen LogP contribution in [0.2, 0.25) is 5.02 Å². The molecule has 0 spiro atoms. The minimum Gasteiger partial charge on any atom is -0.507 e. The van der Waals surface area contributed by atoms with Gasteiger partial charge in [-0.15, -0.1) is 0 Å². The predicted molar refractivity (Wildman–Crippen MR) is 126 cm³/mol. The molecule has 0 radical (unpaired) electrons.